The number of hydrogen-bond acceptors (Lipinski definition) is 3. The van der Waals surface area contributed by atoms with Crippen LogP contribution in [0.25, 0.3) is 0 Å². The molecule has 3 unspecified atom stereocenters. The molecule has 2 aliphatic carbocycles. The fraction of sp³-hybridized carbons (Fsp3) is 0.692. The molecule has 0 saturated heterocycles. The summed E-state index contributed by atoms with van der Waals surface area (Å²) >= 11 is 0. The minimum absolute atomic E-state index is 0.792. The predicted octanol–water partition coefficient (Wildman–Crippen LogP) is 2.10. The SMILES string of the molecule is CN(Cc1cnccn1)C1CC2CCC1C2. The maximum Gasteiger partial charge on any atom is 0.0726 e. The topological polar surface area (TPSA) is 29.0 Å². The van der Waals surface area contributed by atoms with Gasteiger partial charge in [-0.3, -0.25) is 14.9 Å². The highest BCUT2D eigenvalue weighted by molar-refractivity contribution is 4.99. The Labute approximate surface area is 96.9 Å². The van der Waals surface area contributed by atoms with Gasteiger partial charge in [0, 0.05) is 31.2 Å². The lowest BCUT2D eigenvalue weighted by Gasteiger charge is -2.31. The second-order valence-corrected chi connectivity index (χ2v) is 5.35. The Balaban J connectivity index is 1.64. The Hall–Kier alpha value is -0.960. The molecule has 3 heteroatoms. The summed E-state index contributed by atoms with van der Waals surface area (Å²) in [6.07, 6.45) is 11.2. The highest BCUT2D eigenvalue weighted by Gasteiger charge is 2.41. The first-order valence-corrected chi connectivity index (χ1v) is 6.28. The van der Waals surface area contributed by atoms with Crippen molar-refractivity contribution in [3.8, 4) is 0 Å². The van der Waals surface area contributed by atoms with Gasteiger partial charge in [-0.25, -0.2) is 0 Å². The molecule has 2 bridgehead atoms. The zero-order valence-electron chi connectivity index (χ0n) is 9.84. The molecule has 86 valence electrons. The van der Waals surface area contributed by atoms with Gasteiger partial charge in [0.15, 0.2) is 0 Å². The van der Waals surface area contributed by atoms with Crippen molar-refractivity contribution in [1.29, 1.82) is 0 Å². The molecule has 1 aromatic heterocycles. The molecule has 2 fully saturated rings. The Kier molecular flexibility index (Phi) is 2.64. The lowest BCUT2D eigenvalue weighted by Crippen LogP contribution is -2.35. The standard InChI is InChI=1S/C13H19N3/c1-16(9-12-8-14-4-5-15-12)13-7-10-2-3-11(13)6-10/h4-5,8,10-11,13H,2-3,6-7,9H2,1H3. The minimum atomic E-state index is 0.792. The van der Waals surface area contributed by atoms with Crippen molar-refractivity contribution in [1.82, 2.24) is 14.9 Å². The smallest absolute Gasteiger partial charge is 0.0726 e. The lowest BCUT2D eigenvalue weighted by atomic mass is 9.94. The highest BCUT2D eigenvalue weighted by atomic mass is 15.1. The molecule has 3 nitrogen and oxygen atoms in total. The maximum absolute atomic E-state index is 4.35. The molecule has 1 aromatic rings. The van der Waals surface area contributed by atoms with Crippen molar-refractivity contribution in [3.05, 3.63) is 24.3 Å². The third-order valence-electron chi connectivity index (χ3n) is 4.29. The molecule has 1 heterocycles. The van der Waals surface area contributed by atoms with Gasteiger partial charge in [-0.05, 0) is 38.1 Å². The van der Waals surface area contributed by atoms with Gasteiger partial charge in [0.25, 0.3) is 0 Å². The summed E-state index contributed by atoms with van der Waals surface area (Å²) in [4.78, 5) is 11.0. The van der Waals surface area contributed by atoms with Crippen molar-refractivity contribution < 1.29 is 0 Å². The summed E-state index contributed by atoms with van der Waals surface area (Å²) in [5.74, 6) is 1.96. The van der Waals surface area contributed by atoms with Crippen LogP contribution in [0.15, 0.2) is 18.6 Å². The summed E-state index contributed by atoms with van der Waals surface area (Å²) in [5, 5.41) is 0. The van der Waals surface area contributed by atoms with E-state index in [2.05, 4.69) is 21.9 Å². The van der Waals surface area contributed by atoms with E-state index < -0.39 is 0 Å². The fourth-order valence-corrected chi connectivity index (χ4v) is 3.54. The molecule has 0 aliphatic heterocycles. The van der Waals surface area contributed by atoms with Gasteiger partial charge in [0.05, 0.1) is 5.69 Å². The minimum Gasteiger partial charge on any atom is -0.297 e. The van der Waals surface area contributed by atoms with Gasteiger partial charge in [-0.1, -0.05) is 6.42 Å². The Morgan fingerprint density at radius 2 is 2.25 bits per heavy atom. The second kappa shape index (κ2) is 4.13. The zero-order valence-corrected chi connectivity index (χ0v) is 9.84. The quantitative estimate of drug-likeness (QED) is 0.776. The number of hydrogen-bond donors (Lipinski definition) is 0. The first-order valence-electron chi connectivity index (χ1n) is 6.28. The van der Waals surface area contributed by atoms with Crippen molar-refractivity contribution in [2.75, 3.05) is 7.05 Å². The van der Waals surface area contributed by atoms with Crippen LogP contribution in [0.3, 0.4) is 0 Å². The number of rotatable bonds is 3. The van der Waals surface area contributed by atoms with Crippen molar-refractivity contribution in [2.45, 2.75) is 38.3 Å². The average Bonchev–Trinajstić information content (AvgIpc) is 2.92. The molecule has 2 saturated carbocycles. The molecule has 0 radical (unpaired) electrons. The van der Waals surface area contributed by atoms with E-state index in [9.17, 15) is 0 Å². The van der Waals surface area contributed by atoms with Crippen LogP contribution in [0.1, 0.15) is 31.4 Å². The first-order chi connectivity index (χ1) is 7.83. The van der Waals surface area contributed by atoms with Gasteiger partial charge in [0.2, 0.25) is 0 Å². The fourth-order valence-electron chi connectivity index (χ4n) is 3.54. The molecular weight excluding hydrogens is 198 g/mol. The first kappa shape index (κ1) is 10.2. The van der Waals surface area contributed by atoms with Crippen LogP contribution in [0.5, 0.6) is 0 Å². The van der Waals surface area contributed by atoms with Gasteiger partial charge in [-0.15, -0.1) is 0 Å². The van der Waals surface area contributed by atoms with Crippen LogP contribution < -0.4 is 0 Å². The van der Waals surface area contributed by atoms with Gasteiger partial charge >= 0.3 is 0 Å². The number of nitrogens with zero attached hydrogens (tertiary/aromatic N) is 3. The molecule has 2 aliphatic rings. The van der Waals surface area contributed by atoms with Crippen molar-refractivity contribution in [3.63, 3.8) is 0 Å². The van der Waals surface area contributed by atoms with Crippen LogP contribution >= 0.6 is 0 Å². The molecule has 3 atom stereocenters. The normalized spacial score (nSPS) is 32.5. The predicted molar refractivity (Wildman–Crippen MR) is 62.7 cm³/mol. The summed E-state index contributed by atoms with van der Waals surface area (Å²) in [6, 6.07) is 0.792. The van der Waals surface area contributed by atoms with Crippen LogP contribution in [0.2, 0.25) is 0 Å². The van der Waals surface area contributed by atoms with Crippen molar-refractivity contribution >= 4 is 0 Å². The summed E-state index contributed by atoms with van der Waals surface area (Å²) in [6.45, 7) is 0.946. The van der Waals surface area contributed by atoms with E-state index in [4.69, 9.17) is 0 Å². The Bertz CT molecular complexity index is 351. The monoisotopic (exact) mass is 217 g/mol. The summed E-state index contributed by atoms with van der Waals surface area (Å²) in [7, 11) is 2.24. The van der Waals surface area contributed by atoms with Gasteiger partial charge < -0.3 is 0 Å². The van der Waals surface area contributed by atoms with E-state index in [1.54, 1.807) is 12.4 Å². The van der Waals surface area contributed by atoms with Gasteiger partial charge in [-0.2, -0.15) is 0 Å². The molecule has 0 N–H and O–H groups in total. The van der Waals surface area contributed by atoms with E-state index in [1.807, 2.05) is 6.20 Å². The molecule has 0 aromatic carbocycles. The largest absolute Gasteiger partial charge is 0.297 e. The lowest BCUT2D eigenvalue weighted by molar-refractivity contribution is 0.167. The van der Waals surface area contributed by atoms with E-state index >= 15 is 0 Å². The van der Waals surface area contributed by atoms with E-state index in [-0.39, 0.29) is 0 Å². The van der Waals surface area contributed by atoms with Crippen LogP contribution in [-0.2, 0) is 6.54 Å². The second-order valence-electron chi connectivity index (χ2n) is 5.35. The highest BCUT2D eigenvalue weighted by Crippen LogP contribution is 2.46. The third-order valence-corrected chi connectivity index (χ3v) is 4.29. The van der Waals surface area contributed by atoms with Crippen molar-refractivity contribution in [2.24, 2.45) is 11.8 Å². The molecular formula is C13H19N3. The maximum atomic E-state index is 4.35. The van der Waals surface area contributed by atoms with Crippen LogP contribution in [-0.4, -0.2) is 28.0 Å². The number of fused-ring (bicyclic) bond motifs is 2. The number of aromatic nitrogens is 2. The molecule has 16 heavy (non-hydrogen) atoms. The zero-order chi connectivity index (χ0) is 11.0. The van der Waals surface area contributed by atoms with Crippen LogP contribution in [0, 0.1) is 11.8 Å². The van der Waals surface area contributed by atoms with Crippen LogP contribution in [0.4, 0.5) is 0 Å². The van der Waals surface area contributed by atoms with E-state index in [0.29, 0.717) is 0 Å². The Morgan fingerprint density at radius 3 is 2.88 bits per heavy atom. The molecule has 0 amide bonds. The van der Waals surface area contributed by atoms with Gasteiger partial charge in [0.1, 0.15) is 0 Å². The summed E-state index contributed by atoms with van der Waals surface area (Å²) in [5.41, 5.74) is 1.09. The molecule has 0 spiro atoms. The Morgan fingerprint density at radius 1 is 1.31 bits per heavy atom. The summed E-state index contributed by atoms with van der Waals surface area (Å²) < 4.78 is 0. The van der Waals surface area contributed by atoms with E-state index in [1.165, 1.54) is 25.7 Å². The van der Waals surface area contributed by atoms with E-state index in [0.717, 1.165) is 30.1 Å². The molecule has 3 rings (SSSR count). The third kappa shape index (κ3) is 1.84. The average molecular weight is 217 g/mol.